The quantitative estimate of drug-likeness (QED) is 0.812. The largest absolute Gasteiger partial charge is 0.375 e. The van der Waals surface area contributed by atoms with Gasteiger partial charge in [-0.25, -0.2) is 9.97 Å². The summed E-state index contributed by atoms with van der Waals surface area (Å²) in [7, 11) is 2.16. The highest BCUT2D eigenvalue weighted by atomic mass is 16.5. The Balaban J connectivity index is 1.59. The summed E-state index contributed by atoms with van der Waals surface area (Å²) >= 11 is 0. The third kappa shape index (κ3) is 4.90. The van der Waals surface area contributed by atoms with Crippen LogP contribution in [0.15, 0.2) is 12.4 Å². The van der Waals surface area contributed by atoms with E-state index in [0.29, 0.717) is 6.04 Å². The number of hydrogen-bond donors (Lipinski definition) is 0. The van der Waals surface area contributed by atoms with Crippen LogP contribution in [0.4, 0.5) is 5.95 Å². The van der Waals surface area contributed by atoms with E-state index in [9.17, 15) is 0 Å². The molecular weight excluding hydrogens is 314 g/mol. The Labute approximate surface area is 152 Å². The molecule has 2 fully saturated rings. The molecule has 140 valence electrons. The summed E-state index contributed by atoms with van der Waals surface area (Å²) < 4.78 is 5.87. The van der Waals surface area contributed by atoms with Crippen molar-refractivity contribution in [3.63, 3.8) is 0 Å². The lowest BCUT2D eigenvalue weighted by atomic mass is 9.92. The van der Waals surface area contributed by atoms with E-state index in [1.54, 1.807) is 0 Å². The maximum atomic E-state index is 5.87. The zero-order valence-corrected chi connectivity index (χ0v) is 16.2. The Kier molecular flexibility index (Phi) is 5.92. The number of piperazine rings is 1. The first kappa shape index (κ1) is 18.5. The van der Waals surface area contributed by atoms with Crippen molar-refractivity contribution in [3.05, 3.63) is 18.0 Å². The summed E-state index contributed by atoms with van der Waals surface area (Å²) in [6, 6.07) is 0.575. The first-order valence-electron chi connectivity index (χ1n) is 9.59. The average molecular weight is 348 g/mol. The molecule has 0 N–H and O–H groups in total. The fourth-order valence-electron chi connectivity index (χ4n) is 3.84. The number of rotatable bonds is 5. The lowest BCUT2D eigenvalue weighted by Gasteiger charge is -2.41. The second-order valence-electron chi connectivity index (χ2n) is 8.00. The number of nitrogens with zero attached hydrogens (tertiary/aromatic N) is 5. The van der Waals surface area contributed by atoms with Crippen molar-refractivity contribution < 1.29 is 4.74 Å². The van der Waals surface area contributed by atoms with E-state index in [0.717, 1.165) is 64.7 Å². The van der Waals surface area contributed by atoms with Crippen molar-refractivity contribution in [1.82, 2.24) is 19.8 Å². The molecule has 2 saturated heterocycles. The van der Waals surface area contributed by atoms with Gasteiger partial charge in [0, 0.05) is 63.3 Å². The van der Waals surface area contributed by atoms with Crippen molar-refractivity contribution in [2.75, 3.05) is 51.3 Å². The van der Waals surface area contributed by atoms with Crippen molar-refractivity contribution in [3.8, 4) is 0 Å². The summed E-state index contributed by atoms with van der Waals surface area (Å²) in [4.78, 5) is 16.4. The highest BCUT2D eigenvalue weighted by molar-refractivity contribution is 5.30. The molecule has 0 aromatic carbocycles. The van der Waals surface area contributed by atoms with Crippen molar-refractivity contribution in [2.24, 2.45) is 0 Å². The Bertz CT molecular complexity index is 539. The number of aromatic nitrogens is 2. The smallest absolute Gasteiger partial charge is 0.225 e. The van der Waals surface area contributed by atoms with Crippen LogP contribution in [-0.2, 0) is 11.3 Å². The maximum absolute atomic E-state index is 5.87. The minimum atomic E-state index is -0.0158. The Hall–Kier alpha value is -1.24. The van der Waals surface area contributed by atoms with Crippen LogP contribution in [-0.4, -0.2) is 77.8 Å². The van der Waals surface area contributed by atoms with Crippen LogP contribution in [0, 0.1) is 0 Å². The number of hydrogen-bond acceptors (Lipinski definition) is 6. The normalized spacial score (nSPS) is 24.7. The molecule has 3 heterocycles. The van der Waals surface area contributed by atoms with Crippen LogP contribution in [0.25, 0.3) is 0 Å². The van der Waals surface area contributed by atoms with Crippen molar-refractivity contribution in [2.45, 2.75) is 51.8 Å². The van der Waals surface area contributed by atoms with Crippen LogP contribution in [0.5, 0.6) is 0 Å². The second kappa shape index (κ2) is 7.98. The van der Waals surface area contributed by atoms with Gasteiger partial charge in [0.1, 0.15) is 0 Å². The third-order valence-electron chi connectivity index (χ3n) is 5.46. The van der Waals surface area contributed by atoms with Gasteiger partial charge >= 0.3 is 0 Å². The highest BCUT2D eigenvalue weighted by Gasteiger charge is 2.31. The van der Waals surface area contributed by atoms with E-state index in [-0.39, 0.29) is 5.60 Å². The van der Waals surface area contributed by atoms with E-state index in [1.807, 2.05) is 12.4 Å². The van der Waals surface area contributed by atoms with E-state index in [2.05, 4.69) is 52.5 Å². The lowest BCUT2D eigenvalue weighted by molar-refractivity contribution is -0.0838. The lowest BCUT2D eigenvalue weighted by Crippen LogP contribution is -2.46. The fourth-order valence-corrected chi connectivity index (χ4v) is 3.84. The molecule has 1 atom stereocenters. The Morgan fingerprint density at radius 3 is 2.48 bits per heavy atom. The predicted molar refractivity (Wildman–Crippen MR) is 101 cm³/mol. The Morgan fingerprint density at radius 1 is 1.20 bits per heavy atom. The van der Waals surface area contributed by atoms with E-state index >= 15 is 0 Å². The van der Waals surface area contributed by atoms with Crippen LogP contribution in [0.1, 0.15) is 39.2 Å². The zero-order valence-electron chi connectivity index (χ0n) is 16.2. The van der Waals surface area contributed by atoms with Crippen LogP contribution >= 0.6 is 0 Å². The molecule has 0 bridgehead atoms. The second-order valence-corrected chi connectivity index (χ2v) is 8.00. The maximum Gasteiger partial charge on any atom is 0.225 e. The Morgan fingerprint density at radius 2 is 1.88 bits per heavy atom. The van der Waals surface area contributed by atoms with Crippen molar-refractivity contribution >= 4 is 5.95 Å². The predicted octanol–water partition coefficient (Wildman–Crippen LogP) is 2.01. The zero-order chi connectivity index (χ0) is 17.9. The van der Waals surface area contributed by atoms with Gasteiger partial charge in [-0.05, 0) is 40.3 Å². The van der Waals surface area contributed by atoms with Gasteiger partial charge in [0.2, 0.25) is 5.95 Å². The molecule has 0 amide bonds. The average Bonchev–Trinajstić information content (AvgIpc) is 2.60. The van der Waals surface area contributed by atoms with E-state index < -0.39 is 0 Å². The summed E-state index contributed by atoms with van der Waals surface area (Å²) in [5, 5.41) is 0. The standard InChI is InChI=1S/C19H33N5O/c1-5-23(17-6-11-25-19(2,3)12-17)15-16-13-20-18(21-14-16)24-9-7-22(4)8-10-24/h13-14,17H,5-12,15H2,1-4H3. The minimum Gasteiger partial charge on any atom is -0.375 e. The molecular formula is C19H33N5O. The molecule has 0 aliphatic carbocycles. The third-order valence-corrected chi connectivity index (χ3v) is 5.46. The summed E-state index contributed by atoms with van der Waals surface area (Å²) in [6.07, 6.45) is 6.21. The molecule has 1 aromatic rings. The SMILES string of the molecule is CCN(Cc1cnc(N2CCN(C)CC2)nc1)C1CCOC(C)(C)C1. The molecule has 0 spiro atoms. The molecule has 0 radical (unpaired) electrons. The van der Waals surface area contributed by atoms with Crippen LogP contribution in [0.2, 0.25) is 0 Å². The van der Waals surface area contributed by atoms with E-state index in [1.165, 1.54) is 5.56 Å². The minimum absolute atomic E-state index is 0.0158. The monoisotopic (exact) mass is 347 g/mol. The van der Waals surface area contributed by atoms with Crippen molar-refractivity contribution in [1.29, 1.82) is 0 Å². The molecule has 3 rings (SSSR count). The van der Waals surface area contributed by atoms with Gasteiger partial charge < -0.3 is 14.5 Å². The molecule has 1 aromatic heterocycles. The van der Waals surface area contributed by atoms with Gasteiger partial charge in [0.15, 0.2) is 0 Å². The number of anilines is 1. The molecule has 6 heteroatoms. The number of ether oxygens (including phenoxy) is 1. The first-order chi connectivity index (χ1) is 12.0. The number of likely N-dealkylation sites (N-methyl/N-ethyl adjacent to an activating group) is 1. The molecule has 6 nitrogen and oxygen atoms in total. The molecule has 2 aliphatic heterocycles. The van der Waals surface area contributed by atoms with Crippen LogP contribution < -0.4 is 4.90 Å². The van der Waals surface area contributed by atoms with Gasteiger partial charge in [-0.1, -0.05) is 6.92 Å². The highest BCUT2D eigenvalue weighted by Crippen LogP contribution is 2.28. The summed E-state index contributed by atoms with van der Waals surface area (Å²) in [6.45, 7) is 13.6. The van der Waals surface area contributed by atoms with Gasteiger partial charge in [0.25, 0.3) is 0 Å². The topological polar surface area (TPSA) is 44.7 Å². The van der Waals surface area contributed by atoms with Gasteiger partial charge in [-0.3, -0.25) is 4.90 Å². The van der Waals surface area contributed by atoms with Gasteiger partial charge in [-0.2, -0.15) is 0 Å². The molecule has 1 unspecified atom stereocenters. The molecule has 0 saturated carbocycles. The molecule has 2 aliphatic rings. The fraction of sp³-hybridized carbons (Fsp3) is 0.789. The molecule has 25 heavy (non-hydrogen) atoms. The first-order valence-corrected chi connectivity index (χ1v) is 9.59. The van der Waals surface area contributed by atoms with E-state index in [4.69, 9.17) is 4.74 Å². The van der Waals surface area contributed by atoms with Crippen LogP contribution in [0.3, 0.4) is 0 Å². The summed E-state index contributed by atoms with van der Waals surface area (Å²) in [5.41, 5.74) is 1.18. The van der Waals surface area contributed by atoms with Gasteiger partial charge in [0.05, 0.1) is 5.60 Å². The summed E-state index contributed by atoms with van der Waals surface area (Å²) in [5.74, 6) is 0.868. The van der Waals surface area contributed by atoms with Gasteiger partial charge in [-0.15, -0.1) is 0 Å².